The Morgan fingerprint density at radius 3 is 2.96 bits per heavy atom. The molecule has 6 N–H and O–H groups in total. The normalized spacial score (nSPS) is 19.7. The number of imidazole rings is 1. The van der Waals surface area contributed by atoms with E-state index in [-0.39, 0.29) is 11.9 Å². The molecule has 0 unspecified atom stereocenters. The molecule has 0 saturated carbocycles. The number of H-pyrrole nitrogens is 1. The third kappa shape index (κ3) is 3.38. The Morgan fingerprint density at radius 2 is 2.13 bits per heavy atom. The predicted octanol–water partition coefficient (Wildman–Crippen LogP) is 2.99. The quantitative estimate of drug-likeness (QED) is 0.439. The highest BCUT2D eigenvalue weighted by atomic mass is 35.5. The van der Waals surface area contributed by atoms with Gasteiger partial charge >= 0.3 is 0 Å². The van der Waals surface area contributed by atoms with Crippen LogP contribution in [0.2, 0.25) is 5.15 Å². The van der Waals surface area contributed by atoms with Gasteiger partial charge in [0.2, 0.25) is 5.91 Å². The molecule has 120 valence electrons. The summed E-state index contributed by atoms with van der Waals surface area (Å²) in [6, 6.07) is 4.96. The molecule has 1 amide bonds. The number of amides is 1. The number of hydrogen-bond acceptors (Lipinski definition) is 4. The summed E-state index contributed by atoms with van der Waals surface area (Å²) < 4.78 is 0. The van der Waals surface area contributed by atoms with Crippen molar-refractivity contribution in [2.75, 3.05) is 11.1 Å². The van der Waals surface area contributed by atoms with Crippen molar-refractivity contribution in [1.29, 1.82) is 0 Å². The van der Waals surface area contributed by atoms with Crippen molar-refractivity contribution < 1.29 is 4.79 Å². The zero-order valence-electron chi connectivity index (χ0n) is 12.5. The number of nitrogens with zero attached hydrogens (tertiary/aromatic N) is 1. The minimum Gasteiger partial charge on any atom is -0.399 e. The van der Waals surface area contributed by atoms with Crippen molar-refractivity contribution in [3.05, 3.63) is 41.3 Å². The summed E-state index contributed by atoms with van der Waals surface area (Å²) in [6.45, 7) is 0. The SMILES string of the molecule is Nc1ccc2c(c1)NC(=O)CC/C=C\C[C@H](N)c1nc-2c(Cl)[nH]1. The van der Waals surface area contributed by atoms with Crippen LogP contribution >= 0.6 is 11.6 Å². The van der Waals surface area contributed by atoms with Gasteiger partial charge in [0.25, 0.3) is 0 Å². The maximum absolute atomic E-state index is 12.1. The summed E-state index contributed by atoms with van der Waals surface area (Å²) in [5, 5.41) is 3.27. The van der Waals surface area contributed by atoms with Crippen LogP contribution < -0.4 is 16.8 Å². The Morgan fingerprint density at radius 1 is 1.30 bits per heavy atom. The highest BCUT2D eigenvalue weighted by Gasteiger charge is 2.18. The van der Waals surface area contributed by atoms with Gasteiger partial charge in [-0.2, -0.15) is 0 Å². The van der Waals surface area contributed by atoms with E-state index in [2.05, 4.69) is 15.3 Å². The molecule has 0 spiro atoms. The van der Waals surface area contributed by atoms with Gasteiger partial charge in [0.05, 0.1) is 11.7 Å². The standard InChI is InChI=1S/C16H18ClN5O/c17-15-14-10-7-6-9(18)8-12(10)20-13(23)5-3-1-2-4-11(19)16(21-14)22-15/h1-2,6-8,11H,3-5,18-19H2,(H,20,23)(H,21,22)/b2-1-/t11-/m0/s1. The van der Waals surface area contributed by atoms with Gasteiger partial charge < -0.3 is 21.8 Å². The van der Waals surface area contributed by atoms with Crippen molar-refractivity contribution in [3.8, 4) is 11.3 Å². The van der Waals surface area contributed by atoms with Gasteiger partial charge in [-0.3, -0.25) is 4.79 Å². The number of aromatic nitrogens is 2. The van der Waals surface area contributed by atoms with Crippen LogP contribution in [0.5, 0.6) is 0 Å². The smallest absolute Gasteiger partial charge is 0.224 e. The molecular weight excluding hydrogens is 314 g/mol. The molecule has 0 radical (unpaired) electrons. The fraction of sp³-hybridized carbons (Fsp3) is 0.250. The van der Waals surface area contributed by atoms with Gasteiger partial charge in [0, 0.05) is 17.7 Å². The molecule has 2 aromatic rings. The molecule has 1 aromatic carbocycles. The zero-order chi connectivity index (χ0) is 16.4. The van der Waals surface area contributed by atoms with Crippen LogP contribution in [-0.4, -0.2) is 15.9 Å². The first-order valence-corrected chi connectivity index (χ1v) is 7.78. The number of nitrogen functional groups attached to an aromatic ring is 1. The average molecular weight is 332 g/mol. The van der Waals surface area contributed by atoms with Crippen LogP contribution in [0, 0.1) is 0 Å². The van der Waals surface area contributed by atoms with E-state index in [9.17, 15) is 4.79 Å². The van der Waals surface area contributed by atoms with Crippen LogP contribution in [0.25, 0.3) is 11.3 Å². The largest absolute Gasteiger partial charge is 0.399 e. The molecule has 7 heteroatoms. The summed E-state index contributed by atoms with van der Waals surface area (Å²) in [7, 11) is 0. The molecule has 2 bridgehead atoms. The number of aromatic amines is 1. The molecule has 3 rings (SSSR count). The fourth-order valence-corrected chi connectivity index (χ4v) is 2.74. The number of carbonyl (C=O) groups excluding carboxylic acids is 1. The summed E-state index contributed by atoms with van der Waals surface area (Å²) >= 11 is 6.28. The van der Waals surface area contributed by atoms with Gasteiger partial charge in [0.1, 0.15) is 16.7 Å². The monoisotopic (exact) mass is 331 g/mol. The topological polar surface area (TPSA) is 110 Å². The summed E-state index contributed by atoms with van der Waals surface area (Å²) in [5.74, 6) is 0.528. The van der Waals surface area contributed by atoms with Crippen molar-refractivity contribution >= 4 is 28.9 Å². The first-order chi connectivity index (χ1) is 11.0. The first-order valence-electron chi connectivity index (χ1n) is 7.40. The van der Waals surface area contributed by atoms with Crippen LogP contribution in [0.1, 0.15) is 31.1 Å². The van der Waals surface area contributed by atoms with Crippen LogP contribution in [0.15, 0.2) is 30.4 Å². The third-order valence-electron chi connectivity index (χ3n) is 3.70. The number of allylic oxidation sites excluding steroid dienone is 1. The number of rotatable bonds is 0. The van der Waals surface area contributed by atoms with Crippen LogP contribution in [-0.2, 0) is 4.79 Å². The second-order valence-corrected chi connectivity index (χ2v) is 5.87. The summed E-state index contributed by atoms with van der Waals surface area (Å²) in [6.07, 6.45) is 5.57. The van der Waals surface area contributed by atoms with Gasteiger partial charge in [-0.1, -0.05) is 23.8 Å². The molecule has 2 heterocycles. The Labute approximate surface area is 138 Å². The number of nitrogens with two attached hydrogens (primary N) is 2. The van der Waals surface area contributed by atoms with E-state index in [4.69, 9.17) is 23.1 Å². The van der Waals surface area contributed by atoms with E-state index in [1.165, 1.54) is 0 Å². The molecule has 6 nitrogen and oxygen atoms in total. The number of carbonyl (C=O) groups is 1. The molecular formula is C16H18ClN5O. The first kappa shape index (κ1) is 15.6. The second kappa shape index (κ2) is 6.44. The van der Waals surface area contributed by atoms with E-state index >= 15 is 0 Å². The lowest BCUT2D eigenvalue weighted by Crippen LogP contribution is -2.12. The minimum absolute atomic E-state index is 0.0862. The zero-order valence-corrected chi connectivity index (χ0v) is 13.2. The number of anilines is 2. The number of nitrogens with one attached hydrogen (secondary N) is 2. The summed E-state index contributed by atoms with van der Waals surface area (Å²) in [5.41, 5.74) is 14.4. The van der Waals surface area contributed by atoms with Gasteiger partial charge in [0.15, 0.2) is 0 Å². The average Bonchev–Trinajstić information content (AvgIpc) is 2.88. The fourth-order valence-electron chi connectivity index (χ4n) is 2.49. The number of halogens is 1. The van der Waals surface area contributed by atoms with E-state index in [0.29, 0.717) is 52.9 Å². The van der Waals surface area contributed by atoms with Crippen molar-refractivity contribution in [1.82, 2.24) is 9.97 Å². The number of fused-ring (bicyclic) bond motifs is 4. The molecule has 1 aliphatic rings. The Balaban J connectivity index is 2.12. The third-order valence-corrected chi connectivity index (χ3v) is 3.97. The minimum atomic E-state index is -0.279. The van der Waals surface area contributed by atoms with Crippen LogP contribution in [0.3, 0.4) is 0 Å². The van der Waals surface area contributed by atoms with Crippen molar-refractivity contribution in [2.24, 2.45) is 5.73 Å². The lowest BCUT2D eigenvalue weighted by atomic mass is 10.1. The lowest BCUT2D eigenvalue weighted by Gasteiger charge is -2.11. The number of benzene rings is 1. The predicted molar refractivity (Wildman–Crippen MR) is 92.0 cm³/mol. The van der Waals surface area contributed by atoms with Crippen molar-refractivity contribution in [2.45, 2.75) is 25.3 Å². The van der Waals surface area contributed by atoms with Crippen LogP contribution in [0.4, 0.5) is 11.4 Å². The van der Waals surface area contributed by atoms with Gasteiger partial charge in [-0.05, 0) is 31.0 Å². The Bertz CT molecular complexity index is 768. The van der Waals surface area contributed by atoms with Gasteiger partial charge in [-0.25, -0.2) is 4.98 Å². The molecule has 1 atom stereocenters. The molecule has 1 aliphatic heterocycles. The Hall–Kier alpha value is -2.31. The maximum atomic E-state index is 12.1. The molecule has 0 saturated heterocycles. The second-order valence-electron chi connectivity index (χ2n) is 5.49. The van der Waals surface area contributed by atoms with E-state index in [0.717, 1.165) is 0 Å². The van der Waals surface area contributed by atoms with Crippen molar-refractivity contribution in [3.63, 3.8) is 0 Å². The molecule has 0 fully saturated rings. The van der Waals surface area contributed by atoms with E-state index in [1.807, 2.05) is 12.2 Å². The Kier molecular flexibility index (Phi) is 4.36. The maximum Gasteiger partial charge on any atom is 0.224 e. The highest BCUT2D eigenvalue weighted by Crippen LogP contribution is 2.34. The highest BCUT2D eigenvalue weighted by molar-refractivity contribution is 6.32. The van der Waals surface area contributed by atoms with Gasteiger partial charge in [-0.15, -0.1) is 0 Å². The number of hydrogen-bond donors (Lipinski definition) is 4. The molecule has 0 aliphatic carbocycles. The lowest BCUT2D eigenvalue weighted by molar-refractivity contribution is -0.116. The molecule has 23 heavy (non-hydrogen) atoms. The van der Waals surface area contributed by atoms with E-state index in [1.54, 1.807) is 18.2 Å². The molecule has 1 aromatic heterocycles. The summed E-state index contributed by atoms with van der Waals surface area (Å²) in [4.78, 5) is 19.6. The van der Waals surface area contributed by atoms with E-state index < -0.39 is 0 Å².